The number of phosphoric acid groups is 2. The first-order valence-electron chi connectivity index (χ1n) is 7.52. The highest BCUT2D eigenvalue weighted by atomic mass is 31.2. The summed E-state index contributed by atoms with van der Waals surface area (Å²) in [5.74, 6) is 0. The van der Waals surface area contributed by atoms with Crippen molar-refractivity contribution >= 4 is 39.2 Å². The predicted octanol–water partition coefficient (Wildman–Crippen LogP) is -0.851. The lowest BCUT2D eigenvalue weighted by molar-refractivity contribution is -0.240. The molecule has 0 aliphatic rings. The summed E-state index contributed by atoms with van der Waals surface area (Å²) in [4.78, 5) is 23.5. The molecule has 2 unspecified atom stereocenters. The molecule has 26 heavy (non-hydrogen) atoms. The molecule has 0 N–H and O–H groups in total. The van der Waals surface area contributed by atoms with Crippen LogP contribution in [0.5, 0.6) is 0 Å². The first-order valence-corrected chi connectivity index (χ1v) is 10.4. The van der Waals surface area contributed by atoms with Crippen LogP contribution in [0.4, 0.5) is 0 Å². The van der Waals surface area contributed by atoms with E-state index in [4.69, 9.17) is 33.0 Å². The molecule has 5 atom stereocenters. The maximum atomic E-state index is 11.7. The van der Waals surface area contributed by atoms with Crippen molar-refractivity contribution < 1.29 is 46.5 Å². The first kappa shape index (κ1) is 26.3. The zero-order chi connectivity index (χ0) is 20.2. The fourth-order valence-corrected chi connectivity index (χ4v) is 3.32. The molecule has 0 aromatic rings. The second-order valence-electron chi connectivity index (χ2n) is 4.96. The van der Waals surface area contributed by atoms with Gasteiger partial charge in [0.15, 0.2) is 0 Å². The van der Waals surface area contributed by atoms with Gasteiger partial charge in [0.2, 0.25) is 0 Å². The first-order chi connectivity index (χ1) is 12.1. The molecule has 0 heterocycles. The SMILES string of the molecule is [B]C[C@H](COP(=O)([O-])O[C@H](C[B])COP(=O)([O-])O[C@H](C[B])COC)OC. The summed E-state index contributed by atoms with van der Waals surface area (Å²) in [7, 11) is 9.12. The van der Waals surface area contributed by atoms with Gasteiger partial charge in [0.05, 0.1) is 61.7 Å². The van der Waals surface area contributed by atoms with Crippen molar-refractivity contribution in [1.82, 2.24) is 0 Å². The second-order valence-corrected chi connectivity index (χ2v) is 7.69. The lowest BCUT2D eigenvalue weighted by atomic mass is 10.0. The van der Waals surface area contributed by atoms with Crippen LogP contribution in [-0.4, -0.2) is 75.9 Å². The summed E-state index contributed by atoms with van der Waals surface area (Å²) < 4.78 is 51.6. The van der Waals surface area contributed by atoms with Crippen molar-refractivity contribution in [2.45, 2.75) is 37.3 Å². The predicted molar refractivity (Wildman–Crippen MR) is 91.2 cm³/mol. The van der Waals surface area contributed by atoms with Gasteiger partial charge in [-0.1, -0.05) is 19.0 Å². The van der Waals surface area contributed by atoms with Gasteiger partial charge in [0.1, 0.15) is 0 Å². The van der Waals surface area contributed by atoms with E-state index in [-0.39, 0.29) is 32.2 Å². The Morgan fingerprint density at radius 2 is 1.15 bits per heavy atom. The van der Waals surface area contributed by atoms with Gasteiger partial charge >= 0.3 is 0 Å². The number of phosphoric ester groups is 2. The molecule has 0 amide bonds. The molecule has 0 saturated carbocycles. The topological polar surface area (TPSA) is 136 Å². The third-order valence-electron chi connectivity index (χ3n) is 2.87. The van der Waals surface area contributed by atoms with E-state index >= 15 is 0 Å². The third kappa shape index (κ3) is 11.9. The zero-order valence-electron chi connectivity index (χ0n) is 14.7. The lowest BCUT2D eigenvalue weighted by Crippen LogP contribution is -2.27. The highest BCUT2D eigenvalue weighted by molar-refractivity contribution is 7.46. The molecular weight excluding hydrogens is 386 g/mol. The van der Waals surface area contributed by atoms with Gasteiger partial charge in [-0.15, -0.1) is 0 Å². The van der Waals surface area contributed by atoms with Crippen molar-refractivity contribution in [3.05, 3.63) is 0 Å². The Bertz CT molecular complexity index is 468. The Hall–Kier alpha value is 0.335. The minimum atomic E-state index is -4.79. The Balaban J connectivity index is 4.56. The highest BCUT2D eigenvalue weighted by Gasteiger charge is 2.22. The standard InChI is InChI=1S/C11H23B3O10P2/c1-19-6-10(4-13)23-26(17,18)22-8-11(5-14)24-25(15,16)21-7-9(3-12)20-2/h9-11H,3-8H2,1-2H3,(H,15,16)(H,17,18)/p-2/t9-,10-,11-/m1/s1. The van der Waals surface area contributed by atoms with Crippen LogP contribution in [0, 0.1) is 0 Å². The van der Waals surface area contributed by atoms with Crippen LogP contribution in [0.25, 0.3) is 0 Å². The van der Waals surface area contributed by atoms with Crippen molar-refractivity contribution in [2.24, 2.45) is 0 Å². The Morgan fingerprint density at radius 1 is 0.769 bits per heavy atom. The molecular formula is C11H21B3O10P2-2. The molecule has 0 aliphatic carbocycles. The van der Waals surface area contributed by atoms with Gasteiger partial charge < -0.3 is 37.4 Å². The monoisotopic (exact) mass is 408 g/mol. The van der Waals surface area contributed by atoms with Crippen LogP contribution in [0.2, 0.25) is 19.0 Å². The molecule has 15 heteroatoms. The number of methoxy groups -OCH3 is 2. The van der Waals surface area contributed by atoms with E-state index in [1.54, 1.807) is 0 Å². The molecule has 0 rings (SSSR count). The molecule has 0 aromatic carbocycles. The van der Waals surface area contributed by atoms with Crippen molar-refractivity contribution in [1.29, 1.82) is 0 Å². The molecule has 0 aliphatic heterocycles. The van der Waals surface area contributed by atoms with Crippen molar-refractivity contribution in [2.75, 3.05) is 34.0 Å². The van der Waals surface area contributed by atoms with Gasteiger partial charge in [0, 0.05) is 14.2 Å². The quantitative estimate of drug-likeness (QED) is 0.235. The van der Waals surface area contributed by atoms with Crippen molar-refractivity contribution in [3.63, 3.8) is 0 Å². The highest BCUT2D eigenvalue weighted by Crippen LogP contribution is 2.44. The molecule has 146 valence electrons. The number of ether oxygens (including phenoxy) is 2. The largest absolute Gasteiger partial charge is 0.756 e. The number of hydrogen-bond acceptors (Lipinski definition) is 10. The van der Waals surface area contributed by atoms with Crippen molar-refractivity contribution in [3.8, 4) is 0 Å². The van der Waals surface area contributed by atoms with Crippen LogP contribution in [0.3, 0.4) is 0 Å². The summed E-state index contributed by atoms with van der Waals surface area (Å²) in [5, 5.41) is 0. The van der Waals surface area contributed by atoms with E-state index in [9.17, 15) is 18.9 Å². The summed E-state index contributed by atoms with van der Waals surface area (Å²) in [5.41, 5.74) is 0. The van der Waals surface area contributed by atoms with Crippen LogP contribution in [0.15, 0.2) is 0 Å². The Labute approximate surface area is 157 Å². The summed E-state index contributed by atoms with van der Waals surface area (Å²) in [6.07, 6.45) is -3.39. The fourth-order valence-electron chi connectivity index (χ4n) is 1.48. The molecule has 10 nitrogen and oxygen atoms in total. The van der Waals surface area contributed by atoms with E-state index in [0.717, 1.165) is 0 Å². The average Bonchev–Trinajstić information content (AvgIpc) is 2.58. The minimum Gasteiger partial charge on any atom is -0.756 e. The summed E-state index contributed by atoms with van der Waals surface area (Å²) in [6, 6.07) is 0. The van der Waals surface area contributed by atoms with Gasteiger partial charge in [-0.05, 0) is 0 Å². The summed E-state index contributed by atoms with van der Waals surface area (Å²) in [6.45, 7) is -1.15. The second kappa shape index (κ2) is 13.5. The number of rotatable bonds is 16. The van der Waals surface area contributed by atoms with E-state index in [0.29, 0.717) is 0 Å². The molecule has 0 saturated heterocycles. The average molecular weight is 408 g/mol. The van der Waals surface area contributed by atoms with E-state index in [1.807, 2.05) is 0 Å². The maximum absolute atomic E-state index is 11.7. The molecule has 0 bridgehead atoms. The molecule has 0 aromatic heterocycles. The summed E-state index contributed by atoms with van der Waals surface area (Å²) >= 11 is 0. The lowest BCUT2D eigenvalue weighted by Gasteiger charge is -2.31. The normalized spacial score (nSPS) is 20.0. The zero-order valence-corrected chi connectivity index (χ0v) is 16.5. The molecule has 0 spiro atoms. The van der Waals surface area contributed by atoms with E-state index in [1.165, 1.54) is 14.2 Å². The smallest absolute Gasteiger partial charge is 0.268 e. The van der Waals surface area contributed by atoms with Crippen LogP contribution in [0.1, 0.15) is 0 Å². The molecule has 0 fully saturated rings. The Kier molecular flexibility index (Phi) is 13.7. The fraction of sp³-hybridized carbons (Fsp3) is 1.00. The van der Waals surface area contributed by atoms with E-state index < -0.39 is 40.6 Å². The van der Waals surface area contributed by atoms with Crippen LogP contribution >= 0.6 is 15.6 Å². The van der Waals surface area contributed by atoms with E-state index in [2.05, 4.69) is 18.1 Å². The number of hydrogen-bond donors (Lipinski definition) is 0. The van der Waals surface area contributed by atoms with Crippen LogP contribution in [-0.2, 0) is 36.7 Å². The third-order valence-corrected chi connectivity index (χ3v) is 4.91. The minimum absolute atomic E-state index is 0.0282. The van der Waals surface area contributed by atoms with Gasteiger partial charge in [-0.2, -0.15) is 0 Å². The van der Waals surface area contributed by atoms with Gasteiger partial charge in [-0.25, -0.2) is 0 Å². The van der Waals surface area contributed by atoms with Gasteiger partial charge in [0.25, 0.3) is 15.6 Å². The molecule has 6 radical (unpaired) electrons. The van der Waals surface area contributed by atoms with Gasteiger partial charge in [-0.3, -0.25) is 9.13 Å². The van der Waals surface area contributed by atoms with Crippen LogP contribution < -0.4 is 9.79 Å². The maximum Gasteiger partial charge on any atom is 0.268 e. The Morgan fingerprint density at radius 3 is 1.50 bits per heavy atom.